The fourth-order valence-corrected chi connectivity index (χ4v) is 2.76. The van der Waals surface area contributed by atoms with Gasteiger partial charge in [-0.2, -0.15) is 0 Å². The first kappa shape index (κ1) is 21.5. The molecule has 0 radical (unpaired) electrons. The second kappa shape index (κ2) is 11.1. The van der Waals surface area contributed by atoms with Crippen molar-refractivity contribution in [2.45, 2.75) is 26.3 Å². The summed E-state index contributed by atoms with van der Waals surface area (Å²) in [4.78, 5) is 22.7. The second-order valence-corrected chi connectivity index (χ2v) is 5.59. The maximum atomic E-state index is 11.8. The Kier molecular flexibility index (Phi) is 9.54. The summed E-state index contributed by atoms with van der Waals surface area (Å²) in [5.74, 6) is 1.33. The molecule has 1 aliphatic rings. The zero-order valence-electron chi connectivity index (χ0n) is 15.0. The number of carbonyl (C=O) groups is 1. The van der Waals surface area contributed by atoms with Crippen LogP contribution < -0.4 is 10.1 Å². The summed E-state index contributed by atoms with van der Waals surface area (Å²) < 4.78 is 10.2. The maximum Gasteiger partial charge on any atom is 0.309 e. The number of nitrogens with one attached hydrogen (secondary N) is 1. The molecule has 0 atom stereocenters. The van der Waals surface area contributed by atoms with Crippen LogP contribution >= 0.6 is 24.0 Å². The Morgan fingerprint density at radius 1 is 1.40 bits per heavy atom. The molecule has 0 aromatic carbocycles. The molecule has 0 amide bonds. The van der Waals surface area contributed by atoms with Crippen molar-refractivity contribution in [3.05, 3.63) is 23.9 Å². The molecule has 0 saturated carbocycles. The molecule has 1 aromatic heterocycles. The van der Waals surface area contributed by atoms with Crippen molar-refractivity contribution in [3.8, 4) is 5.88 Å². The van der Waals surface area contributed by atoms with Crippen LogP contribution in [0.15, 0.2) is 23.2 Å². The van der Waals surface area contributed by atoms with Crippen LogP contribution in [-0.2, 0) is 16.1 Å². The number of carbonyl (C=O) groups excluding carboxylic acids is 1. The predicted octanol–water partition coefficient (Wildman–Crippen LogP) is 2.06. The van der Waals surface area contributed by atoms with E-state index in [1.807, 2.05) is 25.1 Å². The molecule has 2 rings (SSSR count). The van der Waals surface area contributed by atoms with Gasteiger partial charge in [-0.05, 0) is 25.8 Å². The van der Waals surface area contributed by atoms with E-state index in [0.717, 1.165) is 37.6 Å². The first-order valence-electron chi connectivity index (χ1n) is 8.30. The molecule has 25 heavy (non-hydrogen) atoms. The number of guanidine groups is 1. The molecule has 2 heterocycles. The molecular formula is C17H27IN4O3. The number of nitrogens with zero attached hydrogens (tertiary/aromatic N) is 3. The lowest BCUT2D eigenvalue weighted by Gasteiger charge is -2.33. The van der Waals surface area contributed by atoms with E-state index in [0.29, 0.717) is 19.0 Å². The molecule has 1 fully saturated rings. The number of rotatable bonds is 5. The second-order valence-electron chi connectivity index (χ2n) is 5.59. The molecule has 1 N–H and O–H groups in total. The smallest absolute Gasteiger partial charge is 0.309 e. The van der Waals surface area contributed by atoms with Gasteiger partial charge in [0.25, 0.3) is 0 Å². The number of aliphatic imine (C=N–C) groups is 1. The van der Waals surface area contributed by atoms with Crippen LogP contribution in [-0.4, -0.2) is 55.7 Å². The van der Waals surface area contributed by atoms with Crippen LogP contribution in [0.2, 0.25) is 0 Å². The number of methoxy groups -OCH3 is 1. The molecule has 1 aliphatic heterocycles. The topological polar surface area (TPSA) is 76.0 Å². The zero-order chi connectivity index (χ0) is 17.4. The maximum absolute atomic E-state index is 11.8. The molecular weight excluding hydrogens is 435 g/mol. The molecule has 8 heteroatoms. The van der Waals surface area contributed by atoms with Gasteiger partial charge in [0.05, 0.1) is 31.9 Å². The van der Waals surface area contributed by atoms with Crippen LogP contribution in [0.5, 0.6) is 5.88 Å². The highest BCUT2D eigenvalue weighted by atomic mass is 127. The van der Waals surface area contributed by atoms with Gasteiger partial charge in [0.2, 0.25) is 5.88 Å². The van der Waals surface area contributed by atoms with Gasteiger partial charge in [-0.3, -0.25) is 9.79 Å². The number of pyridine rings is 1. The van der Waals surface area contributed by atoms with Crippen LogP contribution in [0.4, 0.5) is 0 Å². The highest BCUT2D eigenvalue weighted by Gasteiger charge is 2.27. The van der Waals surface area contributed by atoms with E-state index < -0.39 is 0 Å². The number of hydrogen-bond acceptors (Lipinski definition) is 5. The third-order valence-electron chi connectivity index (χ3n) is 4.04. The van der Waals surface area contributed by atoms with E-state index in [-0.39, 0.29) is 35.9 Å². The fourth-order valence-electron chi connectivity index (χ4n) is 2.76. The van der Waals surface area contributed by atoms with Gasteiger partial charge in [0, 0.05) is 26.2 Å². The fraction of sp³-hybridized carbons (Fsp3) is 0.588. The Bertz CT molecular complexity index is 575. The average molecular weight is 462 g/mol. The normalized spacial score (nSPS) is 15.3. The minimum atomic E-state index is -0.0827. The number of halogens is 1. The Balaban J connectivity index is 0.00000312. The first-order chi connectivity index (χ1) is 11.7. The summed E-state index contributed by atoms with van der Waals surface area (Å²) in [7, 11) is 3.37. The van der Waals surface area contributed by atoms with Gasteiger partial charge >= 0.3 is 5.97 Å². The molecule has 1 saturated heterocycles. The van der Waals surface area contributed by atoms with Crippen molar-refractivity contribution in [2.75, 3.05) is 33.9 Å². The number of likely N-dealkylation sites (tertiary alicyclic amines) is 1. The highest BCUT2D eigenvalue weighted by molar-refractivity contribution is 14.0. The lowest BCUT2D eigenvalue weighted by Crippen LogP contribution is -2.46. The number of hydrogen-bond donors (Lipinski definition) is 1. The van der Waals surface area contributed by atoms with Gasteiger partial charge in [-0.15, -0.1) is 24.0 Å². The summed E-state index contributed by atoms with van der Waals surface area (Å²) in [5.41, 5.74) is 0.886. The SMILES string of the molecule is CCOC(=O)C1CCN(C(=NC)NCc2cccc(OC)n2)CC1.I. The third-order valence-corrected chi connectivity index (χ3v) is 4.04. The Morgan fingerprint density at radius 2 is 2.12 bits per heavy atom. The minimum Gasteiger partial charge on any atom is -0.481 e. The minimum absolute atomic E-state index is 0. The summed E-state index contributed by atoms with van der Waals surface area (Å²) in [6, 6.07) is 5.67. The van der Waals surface area contributed by atoms with Crippen LogP contribution in [0.3, 0.4) is 0 Å². The molecule has 1 aromatic rings. The summed E-state index contributed by atoms with van der Waals surface area (Å²) in [6.45, 7) is 4.42. The third kappa shape index (κ3) is 6.33. The summed E-state index contributed by atoms with van der Waals surface area (Å²) >= 11 is 0. The molecule has 140 valence electrons. The van der Waals surface area contributed by atoms with Crippen molar-refractivity contribution in [1.29, 1.82) is 0 Å². The van der Waals surface area contributed by atoms with E-state index in [1.54, 1.807) is 14.2 Å². The van der Waals surface area contributed by atoms with Gasteiger partial charge in [0.15, 0.2) is 5.96 Å². The lowest BCUT2D eigenvalue weighted by atomic mass is 9.97. The van der Waals surface area contributed by atoms with Crippen molar-refractivity contribution in [1.82, 2.24) is 15.2 Å². The van der Waals surface area contributed by atoms with Crippen LogP contribution in [0.1, 0.15) is 25.5 Å². The Hall–Kier alpha value is -1.58. The predicted molar refractivity (Wildman–Crippen MR) is 107 cm³/mol. The summed E-state index contributed by atoms with van der Waals surface area (Å²) in [5, 5.41) is 3.32. The zero-order valence-corrected chi connectivity index (χ0v) is 17.4. The van der Waals surface area contributed by atoms with E-state index >= 15 is 0 Å². The van der Waals surface area contributed by atoms with Gasteiger partial charge in [-0.25, -0.2) is 4.98 Å². The number of aromatic nitrogens is 1. The van der Waals surface area contributed by atoms with E-state index in [1.165, 1.54) is 0 Å². The van der Waals surface area contributed by atoms with Crippen molar-refractivity contribution >= 4 is 35.9 Å². The molecule has 0 bridgehead atoms. The largest absolute Gasteiger partial charge is 0.481 e. The lowest BCUT2D eigenvalue weighted by molar-refractivity contribution is -0.149. The van der Waals surface area contributed by atoms with Gasteiger partial charge < -0.3 is 19.7 Å². The molecule has 0 aliphatic carbocycles. The molecule has 7 nitrogen and oxygen atoms in total. The van der Waals surface area contributed by atoms with E-state index in [9.17, 15) is 4.79 Å². The Labute approximate surface area is 166 Å². The molecule has 0 spiro atoms. The highest BCUT2D eigenvalue weighted by Crippen LogP contribution is 2.18. The quantitative estimate of drug-likeness (QED) is 0.313. The summed E-state index contributed by atoms with van der Waals surface area (Å²) in [6.07, 6.45) is 1.58. The van der Waals surface area contributed by atoms with Crippen LogP contribution in [0.25, 0.3) is 0 Å². The van der Waals surface area contributed by atoms with Gasteiger partial charge in [-0.1, -0.05) is 6.07 Å². The van der Waals surface area contributed by atoms with E-state index in [4.69, 9.17) is 9.47 Å². The number of ether oxygens (including phenoxy) is 2. The van der Waals surface area contributed by atoms with Crippen molar-refractivity contribution < 1.29 is 14.3 Å². The first-order valence-corrected chi connectivity index (χ1v) is 8.30. The number of piperidine rings is 1. The molecule has 0 unspecified atom stereocenters. The standard InChI is InChI=1S/C17H26N4O3.HI/c1-4-24-16(22)13-8-10-21(11-9-13)17(18-2)19-12-14-6-5-7-15(20-14)23-3;/h5-7,13H,4,8-12H2,1-3H3,(H,18,19);1H. The monoisotopic (exact) mass is 462 g/mol. The van der Waals surface area contributed by atoms with Crippen LogP contribution in [0, 0.1) is 5.92 Å². The average Bonchev–Trinajstić information content (AvgIpc) is 2.63. The van der Waals surface area contributed by atoms with Crippen molar-refractivity contribution in [2.24, 2.45) is 10.9 Å². The van der Waals surface area contributed by atoms with Crippen molar-refractivity contribution in [3.63, 3.8) is 0 Å². The van der Waals surface area contributed by atoms with Gasteiger partial charge in [0.1, 0.15) is 0 Å². The van der Waals surface area contributed by atoms with E-state index in [2.05, 4.69) is 20.2 Å². The Morgan fingerprint density at radius 3 is 2.72 bits per heavy atom. The number of esters is 1.